The summed E-state index contributed by atoms with van der Waals surface area (Å²) in [5.41, 5.74) is 4.99. The molecule has 0 aliphatic heterocycles. The Bertz CT molecular complexity index is 1210. The molecule has 6 nitrogen and oxygen atoms in total. The number of pyridine rings is 1. The number of hydrogen-bond donors (Lipinski definition) is 1. The van der Waals surface area contributed by atoms with Gasteiger partial charge in [0.2, 0.25) is 0 Å². The van der Waals surface area contributed by atoms with Gasteiger partial charge in [0.05, 0.1) is 18.9 Å². The van der Waals surface area contributed by atoms with Gasteiger partial charge in [-0.25, -0.2) is 4.98 Å². The molecule has 0 aliphatic rings. The molecular weight excluding hydrogens is 390 g/mol. The highest BCUT2D eigenvalue weighted by atomic mass is 16.5. The summed E-state index contributed by atoms with van der Waals surface area (Å²) in [5, 5.41) is 2.97. The smallest absolute Gasteiger partial charge is 0.255 e. The zero-order valence-corrected chi connectivity index (χ0v) is 17.9. The van der Waals surface area contributed by atoms with Crippen molar-refractivity contribution < 1.29 is 14.3 Å². The summed E-state index contributed by atoms with van der Waals surface area (Å²) in [6, 6.07) is 16.9. The van der Waals surface area contributed by atoms with Gasteiger partial charge in [-0.2, -0.15) is 0 Å². The second-order valence-electron chi connectivity index (χ2n) is 7.19. The Kier molecular flexibility index (Phi) is 5.89. The van der Waals surface area contributed by atoms with E-state index in [1.54, 1.807) is 18.2 Å². The van der Waals surface area contributed by atoms with E-state index in [1.165, 1.54) is 0 Å². The van der Waals surface area contributed by atoms with E-state index in [0.29, 0.717) is 36.0 Å². The molecule has 2 heterocycles. The van der Waals surface area contributed by atoms with E-state index < -0.39 is 0 Å². The Morgan fingerprint density at radius 2 is 1.71 bits per heavy atom. The minimum Gasteiger partial charge on any atom is -0.494 e. The molecule has 0 saturated carbocycles. The summed E-state index contributed by atoms with van der Waals surface area (Å²) < 4.78 is 13.2. The first-order valence-corrected chi connectivity index (χ1v) is 10.3. The SMILES string of the molecule is CCOc1cc(OCC)cc(C(=O)Nc2cccc(-c3cn4cc(C)ccc4n3)c2)c1. The molecule has 0 radical (unpaired) electrons. The second kappa shape index (κ2) is 8.92. The molecule has 0 spiro atoms. The zero-order chi connectivity index (χ0) is 21.8. The molecule has 4 rings (SSSR count). The van der Waals surface area contributed by atoms with Crippen molar-refractivity contribution in [1.29, 1.82) is 0 Å². The average molecular weight is 415 g/mol. The number of nitrogens with zero attached hydrogens (tertiary/aromatic N) is 2. The van der Waals surface area contributed by atoms with Crippen LogP contribution in [0.3, 0.4) is 0 Å². The number of amides is 1. The first-order valence-electron chi connectivity index (χ1n) is 10.3. The van der Waals surface area contributed by atoms with Crippen molar-refractivity contribution in [2.24, 2.45) is 0 Å². The Hall–Kier alpha value is -3.80. The quantitative estimate of drug-likeness (QED) is 0.441. The molecule has 0 aliphatic carbocycles. The molecule has 0 fully saturated rings. The standard InChI is InChI=1S/C25H25N3O3/c1-4-30-21-12-19(13-22(14-21)31-5-2)25(29)26-20-8-6-7-18(11-20)23-16-28-15-17(3)9-10-24(28)27-23/h6-16H,4-5H2,1-3H3,(H,26,29). The van der Waals surface area contributed by atoms with Gasteiger partial charge in [-0.3, -0.25) is 4.79 Å². The number of nitrogens with one attached hydrogen (secondary N) is 1. The number of rotatable bonds is 7. The van der Waals surface area contributed by atoms with Gasteiger partial charge in [0.15, 0.2) is 0 Å². The Labute approximate surface area is 181 Å². The van der Waals surface area contributed by atoms with Crippen molar-refractivity contribution in [1.82, 2.24) is 9.38 Å². The Morgan fingerprint density at radius 3 is 2.42 bits per heavy atom. The molecule has 2 aromatic carbocycles. The maximum absolute atomic E-state index is 12.9. The zero-order valence-electron chi connectivity index (χ0n) is 17.9. The van der Waals surface area contributed by atoms with Crippen molar-refractivity contribution in [2.75, 3.05) is 18.5 Å². The van der Waals surface area contributed by atoms with E-state index in [4.69, 9.17) is 9.47 Å². The maximum Gasteiger partial charge on any atom is 0.255 e. The summed E-state index contributed by atoms with van der Waals surface area (Å²) in [7, 11) is 0. The van der Waals surface area contributed by atoms with Gasteiger partial charge in [0.1, 0.15) is 17.1 Å². The van der Waals surface area contributed by atoms with Crippen molar-refractivity contribution in [2.45, 2.75) is 20.8 Å². The van der Waals surface area contributed by atoms with Crippen LogP contribution in [0.4, 0.5) is 5.69 Å². The Morgan fingerprint density at radius 1 is 0.968 bits per heavy atom. The number of carbonyl (C=O) groups excluding carboxylic acids is 1. The number of aryl methyl sites for hydroxylation is 1. The number of hydrogen-bond acceptors (Lipinski definition) is 4. The van der Waals surface area contributed by atoms with Gasteiger partial charge < -0.3 is 19.2 Å². The third-order valence-electron chi connectivity index (χ3n) is 4.78. The van der Waals surface area contributed by atoms with Gasteiger partial charge in [-0.1, -0.05) is 18.2 Å². The molecule has 4 aromatic rings. The van der Waals surface area contributed by atoms with Crippen LogP contribution in [0.5, 0.6) is 11.5 Å². The minimum absolute atomic E-state index is 0.231. The van der Waals surface area contributed by atoms with Crippen LogP contribution in [0.25, 0.3) is 16.9 Å². The number of carbonyl (C=O) groups is 1. The van der Waals surface area contributed by atoms with Gasteiger partial charge >= 0.3 is 0 Å². The highest BCUT2D eigenvalue weighted by molar-refractivity contribution is 6.05. The van der Waals surface area contributed by atoms with E-state index >= 15 is 0 Å². The van der Waals surface area contributed by atoms with Gasteiger partial charge in [-0.15, -0.1) is 0 Å². The van der Waals surface area contributed by atoms with E-state index in [2.05, 4.69) is 10.3 Å². The third-order valence-corrected chi connectivity index (χ3v) is 4.78. The van der Waals surface area contributed by atoms with Crippen molar-refractivity contribution in [3.63, 3.8) is 0 Å². The summed E-state index contributed by atoms with van der Waals surface area (Å²) in [6.07, 6.45) is 4.03. The van der Waals surface area contributed by atoms with Gasteiger partial charge in [-0.05, 0) is 56.7 Å². The molecule has 6 heteroatoms. The summed E-state index contributed by atoms with van der Waals surface area (Å²) in [6.45, 7) is 6.87. The number of benzene rings is 2. The van der Waals surface area contributed by atoms with Crippen LogP contribution < -0.4 is 14.8 Å². The molecule has 2 aromatic heterocycles. The molecule has 0 atom stereocenters. The summed E-state index contributed by atoms with van der Waals surface area (Å²) >= 11 is 0. The number of imidazole rings is 1. The first-order chi connectivity index (χ1) is 15.1. The van der Waals surface area contributed by atoms with Crippen LogP contribution in [0, 0.1) is 6.92 Å². The predicted molar refractivity (Wildman–Crippen MR) is 122 cm³/mol. The van der Waals surface area contributed by atoms with Crippen molar-refractivity contribution in [3.8, 4) is 22.8 Å². The largest absolute Gasteiger partial charge is 0.494 e. The number of ether oxygens (including phenoxy) is 2. The van der Waals surface area contributed by atoms with E-state index in [-0.39, 0.29) is 5.91 Å². The fourth-order valence-corrected chi connectivity index (χ4v) is 3.40. The number of anilines is 1. The summed E-state index contributed by atoms with van der Waals surface area (Å²) in [4.78, 5) is 17.6. The second-order valence-corrected chi connectivity index (χ2v) is 7.19. The van der Waals surface area contributed by atoms with Gasteiger partial charge in [0, 0.05) is 35.3 Å². The fourth-order valence-electron chi connectivity index (χ4n) is 3.40. The van der Waals surface area contributed by atoms with Crippen LogP contribution in [0.15, 0.2) is 67.0 Å². The fraction of sp³-hybridized carbons (Fsp3) is 0.200. The number of fused-ring (bicyclic) bond motifs is 1. The van der Waals surface area contributed by atoms with E-state index in [9.17, 15) is 4.79 Å². The Balaban J connectivity index is 1.59. The molecule has 0 unspecified atom stereocenters. The lowest BCUT2D eigenvalue weighted by Crippen LogP contribution is -2.12. The van der Waals surface area contributed by atoms with Crippen LogP contribution in [0.2, 0.25) is 0 Å². The molecule has 1 N–H and O–H groups in total. The van der Waals surface area contributed by atoms with Crippen LogP contribution >= 0.6 is 0 Å². The van der Waals surface area contributed by atoms with E-state index in [1.807, 2.05) is 74.0 Å². The number of aromatic nitrogens is 2. The highest BCUT2D eigenvalue weighted by Gasteiger charge is 2.12. The van der Waals surface area contributed by atoms with Crippen molar-refractivity contribution in [3.05, 3.63) is 78.1 Å². The van der Waals surface area contributed by atoms with Crippen LogP contribution in [0.1, 0.15) is 29.8 Å². The molecule has 1 amide bonds. The lowest BCUT2D eigenvalue weighted by atomic mass is 10.1. The predicted octanol–water partition coefficient (Wildman–Crippen LogP) is 5.36. The topological polar surface area (TPSA) is 64.9 Å². The lowest BCUT2D eigenvalue weighted by molar-refractivity contribution is 0.102. The lowest BCUT2D eigenvalue weighted by Gasteiger charge is -2.11. The molecule has 0 saturated heterocycles. The molecule has 31 heavy (non-hydrogen) atoms. The molecule has 158 valence electrons. The highest BCUT2D eigenvalue weighted by Crippen LogP contribution is 2.26. The van der Waals surface area contributed by atoms with Crippen LogP contribution in [-0.2, 0) is 0 Å². The maximum atomic E-state index is 12.9. The van der Waals surface area contributed by atoms with E-state index in [0.717, 1.165) is 22.5 Å². The molecule has 0 bridgehead atoms. The van der Waals surface area contributed by atoms with Crippen LogP contribution in [-0.4, -0.2) is 28.5 Å². The van der Waals surface area contributed by atoms with Crippen molar-refractivity contribution >= 4 is 17.2 Å². The average Bonchev–Trinajstić information content (AvgIpc) is 3.17. The minimum atomic E-state index is -0.231. The normalized spacial score (nSPS) is 10.8. The monoisotopic (exact) mass is 415 g/mol. The van der Waals surface area contributed by atoms with Gasteiger partial charge in [0.25, 0.3) is 5.91 Å². The molecular formula is C25H25N3O3. The first kappa shape index (κ1) is 20.5. The summed E-state index contributed by atoms with van der Waals surface area (Å²) in [5.74, 6) is 0.977. The third kappa shape index (κ3) is 4.69.